The maximum absolute atomic E-state index is 8.72. The third kappa shape index (κ3) is 3.51. The van der Waals surface area contributed by atoms with E-state index in [1.165, 1.54) is 5.56 Å². The molecule has 0 aliphatic carbocycles. The lowest BCUT2D eigenvalue weighted by atomic mass is 10.0. The molecule has 19 heavy (non-hydrogen) atoms. The lowest BCUT2D eigenvalue weighted by Gasteiger charge is -2.07. The molecule has 1 aromatic heterocycles. The molecule has 0 aliphatic heterocycles. The summed E-state index contributed by atoms with van der Waals surface area (Å²) < 4.78 is 0. The normalized spacial score (nSPS) is 10.7. The molecule has 0 radical (unpaired) electrons. The van der Waals surface area contributed by atoms with E-state index < -0.39 is 0 Å². The van der Waals surface area contributed by atoms with Gasteiger partial charge in [0, 0.05) is 12.1 Å². The Balaban J connectivity index is 2.13. The van der Waals surface area contributed by atoms with E-state index >= 15 is 0 Å². The highest BCUT2D eigenvalue weighted by Crippen LogP contribution is 2.21. The van der Waals surface area contributed by atoms with Gasteiger partial charge in [-0.2, -0.15) is 0 Å². The van der Waals surface area contributed by atoms with Crippen molar-refractivity contribution in [3.8, 4) is 11.3 Å². The Morgan fingerprint density at radius 3 is 2.32 bits per heavy atom. The smallest absolute Gasteiger partial charge is 0.148 e. The predicted molar refractivity (Wildman–Crippen MR) is 77.1 cm³/mol. The molecule has 4 nitrogen and oxygen atoms in total. The maximum atomic E-state index is 8.72. The molecule has 1 aromatic carbocycles. The van der Waals surface area contributed by atoms with Gasteiger partial charge in [-0.1, -0.05) is 38.1 Å². The van der Waals surface area contributed by atoms with Crippen LogP contribution in [0, 0.1) is 0 Å². The van der Waals surface area contributed by atoms with E-state index in [1.807, 2.05) is 12.1 Å². The van der Waals surface area contributed by atoms with Gasteiger partial charge in [0.05, 0.1) is 12.3 Å². The van der Waals surface area contributed by atoms with Crippen LogP contribution < -0.4 is 5.32 Å². The van der Waals surface area contributed by atoms with Crippen LogP contribution >= 0.6 is 0 Å². The summed E-state index contributed by atoms with van der Waals surface area (Å²) in [6.45, 7) is 4.92. The minimum atomic E-state index is 0.0834. The third-order valence-corrected chi connectivity index (χ3v) is 2.96. The number of rotatable bonds is 5. The molecule has 0 atom stereocenters. The van der Waals surface area contributed by atoms with Gasteiger partial charge >= 0.3 is 0 Å². The van der Waals surface area contributed by atoms with Crippen molar-refractivity contribution in [2.45, 2.75) is 19.8 Å². The molecular weight excluding hydrogens is 238 g/mol. The number of aliphatic hydroxyl groups excluding tert-OH is 1. The van der Waals surface area contributed by atoms with Crippen LogP contribution in [-0.2, 0) is 0 Å². The van der Waals surface area contributed by atoms with Crippen molar-refractivity contribution in [1.29, 1.82) is 0 Å². The summed E-state index contributed by atoms with van der Waals surface area (Å²) in [5, 5.41) is 20.0. The van der Waals surface area contributed by atoms with Crippen molar-refractivity contribution in [1.82, 2.24) is 10.2 Å². The summed E-state index contributed by atoms with van der Waals surface area (Å²) in [5.41, 5.74) is 3.23. The molecule has 0 saturated heterocycles. The largest absolute Gasteiger partial charge is 0.395 e. The maximum Gasteiger partial charge on any atom is 0.148 e. The van der Waals surface area contributed by atoms with Crippen LogP contribution in [0.2, 0.25) is 0 Å². The average Bonchev–Trinajstić information content (AvgIpc) is 2.46. The number of hydrogen-bond acceptors (Lipinski definition) is 4. The van der Waals surface area contributed by atoms with Crippen LogP contribution in [0.5, 0.6) is 0 Å². The zero-order valence-corrected chi connectivity index (χ0v) is 11.3. The van der Waals surface area contributed by atoms with Crippen molar-refractivity contribution >= 4 is 5.82 Å². The van der Waals surface area contributed by atoms with Crippen molar-refractivity contribution in [3.63, 3.8) is 0 Å². The summed E-state index contributed by atoms with van der Waals surface area (Å²) >= 11 is 0. The summed E-state index contributed by atoms with van der Waals surface area (Å²) in [7, 11) is 0. The molecule has 0 spiro atoms. The molecule has 0 unspecified atom stereocenters. The van der Waals surface area contributed by atoms with Gasteiger partial charge in [0.15, 0.2) is 0 Å². The van der Waals surface area contributed by atoms with E-state index in [1.54, 1.807) is 0 Å². The van der Waals surface area contributed by atoms with Gasteiger partial charge < -0.3 is 10.4 Å². The topological polar surface area (TPSA) is 58.0 Å². The van der Waals surface area contributed by atoms with E-state index in [0.29, 0.717) is 18.3 Å². The van der Waals surface area contributed by atoms with Crippen molar-refractivity contribution < 1.29 is 5.11 Å². The quantitative estimate of drug-likeness (QED) is 0.864. The number of aliphatic hydroxyl groups is 1. The first-order chi connectivity index (χ1) is 9.20. The minimum absolute atomic E-state index is 0.0834. The zero-order valence-electron chi connectivity index (χ0n) is 11.3. The fourth-order valence-corrected chi connectivity index (χ4v) is 1.80. The molecule has 2 N–H and O–H groups in total. The second-order valence-corrected chi connectivity index (χ2v) is 4.73. The highest BCUT2D eigenvalue weighted by Gasteiger charge is 2.03. The standard InChI is InChI=1S/C15H19N3O/c1-11(2)12-3-5-13(6-4-12)14-7-8-15(18-17-14)16-9-10-19/h3-8,11,19H,9-10H2,1-2H3,(H,16,18). The van der Waals surface area contributed by atoms with Gasteiger partial charge in [-0.15, -0.1) is 10.2 Å². The first-order valence-corrected chi connectivity index (χ1v) is 6.49. The highest BCUT2D eigenvalue weighted by atomic mass is 16.3. The van der Waals surface area contributed by atoms with Crippen LogP contribution in [0.3, 0.4) is 0 Å². The summed E-state index contributed by atoms with van der Waals surface area (Å²) in [6, 6.07) is 12.2. The van der Waals surface area contributed by atoms with Crippen LogP contribution in [0.1, 0.15) is 25.3 Å². The summed E-state index contributed by atoms with van der Waals surface area (Å²) in [5.74, 6) is 1.21. The second kappa shape index (κ2) is 6.29. The number of anilines is 1. The molecule has 0 bridgehead atoms. The van der Waals surface area contributed by atoms with E-state index in [0.717, 1.165) is 11.3 Å². The Bertz CT molecular complexity index is 506. The Kier molecular flexibility index (Phi) is 4.47. The van der Waals surface area contributed by atoms with E-state index in [2.05, 4.69) is 53.6 Å². The van der Waals surface area contributed by atoms with Gasteiger partial charge in [0.25, 0.3) is 0 Å². The lowest BCUT2D eigenvalue weighted by Crippen LogP contribution is -2.07. The molecule has 0 saturated carbocycles. The minimum Gasteiger partial charge on any atom is -0.395 e. The Morgan fingerprint density at radius 1 is 1.05 bits per heavy atom. The van der Waals surface area contributed by atoms with Crippen LogP contribution in [-0.4, -0.2) is 28.5 Å². The van der Waals surface area contributed by atoms with Crippen LogP contribution in [0.15, 0.2) is 36.4 Å². The number of benzene rings is 1. The van der Waals surface area contributed by atoms with Gasteiger partial charge in [-0.05, 0) is 23.6 Å². The van der Waals surface area contributed by atoms with Gasteiger partial charge in [0.1, 0.15) is 5.82 Å². The van der Waals surface area contributed by atoms with Crippen molar-refractivity contribution in [2.24, 2.45) is 0 Å². The molecule has 1 heterocycles. The molecule has 4 heteroatoms. The first-order valence-electron chi connectivity index (χ1n) is 6.49. The average molecular weight is 257 g/mol. The highest BCUT2D eigenvalue weighted by molar-refractivity contribution is 5.60. The second-order valence-electron chi connectivity index (χ2n) is 4.73. The third-order valence-electron chi connectivity index (χ3n) is 2.96. The van der Waals surface area contributed by atoms with Gasteiger partial charge in [-0.3, -0.25) is 0 Å². The lowest BCUT2D eigenvalue weighted by molar-refractivity contribution is 0.311. The van der Waals surface area contributed by atoms with Crippen molar-refractivity contribution in [2.75, 3.05) is 18.5 Å². The van der Waals surface area contributed by atoms with E-state index in [9.17, 15) is 0 Å². The number of aromatic nitrogens is 2. The Morgan fingerprint density at radius 2 is 1.79 bits per heavy atom. The Hall–Kier alpha value is -1.94. The molecular formula is C15H19N3O. The molecule has 100 valence electrons. The monoisotopic (exact) mass is 257 g/mol. The molecule has 2 rings (SSSR count). The molecule has 2 aromatic rings. The Labute approximate surface area is 113 Å². The molecule has 0 fully saturated rings. The van der Waals surface area contributed by atoms with E-state index in [4.69, 9.17) is 5.11 Å². The van der Waals surface area contributed by atoms with Crippen LogP contribution in [0.4, 0.5) is 5.82 Å². The van der Waals surface area contributed by atoms with E-state index in [-0.39, 0.29) is 6.61 Å². The molecule has 0 aliphatic rings. The fourth-order valence-electron chi connectivity index (χ4n) is 1.80. The SMILES string of the molecule is CC(C)c1ccc(-c2ccc(NCCO)nn2)cc1. The van der Waals surface area contributed by atoms with Crippen LogP contribution in [0.25, 0.3) is 11.3 Å². The number of nitrogens with zero attached hydrogens (tertiary/aromatic N) is 2. The van der Waals surface area contributed by atoms with Gasteiger partial charge in [0.2, 0.25) is 0 Å². The predicted octanol–water partition coefficient (Wildman–Crippen LogP) is 2.67. The van der Waals surface area contributed by atoms with Crippen molar-refractivity contribution in [3.05, 3.63) is 42.0 Å². The fraction of sp³-hybridized carbons (Fsp3) is 0.333. The molecule has 0 amide bonds. The van der Waals surface area contributed by atoms with Gasteiger partial charge in [-0.25, -0.2) is 0 Å². The zero-order chi connectivity index (χ0) is 13.7. The summed E-state index contributed by atoms with van der Waals surface area (Å²) in [4.78, 5) is 0. The number of nitrogens with one attached hydrogen (secondary N) is 1. The number of hydrogen-bond donors (Lipinski definition) is 2. The summed E-state index contributed by atoms with van der Waals surface area (Å²) in [6.07, 6.45) is 0. The first kappa shape index (κ1) is 13.5.